The predicted octanol–water partition coefficient (Wildman–Crippen LogP) is 2.92. The molecule has 0 saturated heterocycles. The average Bonchev–Trinajstić information content (AvgIpc) is 2.71. The summed E-state index contributed by atoms with van der Waals surface area (Å²) in [6.07, 6.45) is 1.77. The van der Waals surface area contributed by atoms with E-state index in [0.29, 0.717) is 0 Å². The molecule has 0 aliphatic carbocycles. The number of aromatic nitrogens is 3. The zero-order chi connectivity index (χ0) is 12.5. The van der Waals surface area contributed by atoms with Gasteiger partial charge in [-0.05, 0) is 26.0 Å². The average molecular weight is 238 g/mol. The highest BCUT2D eigenvalue weighted by atomic mass is 15.4. The van der Waals surface area contributed by atoms with E-state index >= 15 is 0 Å². The summed E-state index contributed by atoms with van der Waals surface area (Å²) in [4.78, 5) is 0. The maximum absolute atomic E-state index is 4.18. The van der Waals surface area contributed by atoms with Gasteiger partial charge in [0.1, 0.15) is 0 Å². The smallest absolute Gasteiger partial charge is 0.175 e. The lowest BCUT2D eigenvalue weighted by molar-refractivity contribution is 0.861. The van der Waals surface area contributed by atoms with Gasteiger partial charge in [0, 0.05) is 22.2 Å². The van der Waals surface area contributed by atoms with Gasteiger partial charge in [-0.3, -0.25) is 10.1 Å². The van der Waals surface area contributed by atoms with Gasteiger partial charge in [-0.25, -0.2) is 0 Å². The molecule has 2 heterocycles. The van der Waals surface area contributed by atoms with Gasteiger partial charge in [-0.15, -0.1) is 5.10 Å². The van der Waals surface area contributed by atoms with Crippen molar-refractivity contribution in [3.05, 3.63) is 54.0 Å². The molecule has 90 valence electrons. The van der Waals surface area contributed by atoms with Crippen molar-refractivity contribution in [1.29, 1.82) is 0 Å². The zero-order valence-corrected chi connectivity index (χ0v) is 10.4. The van der Waals surface area contributed by atoms with Crippen molar-refractivity contribution in [2.24, 2.45) is 0 Å². The van der Waals surface area contributed by atoms with Crippen molar-refractivity contribution >= 4 is 16.6 Å². The molecule has 0 amide bonds. The van der Waals surface area contributed by atoms with Crippen LogP contribution in [0, 0.1) is 13.8 Å². The van der Waals surface area contributed by atoms with Crippen LogP contribution < -0.4 is 5.43 Å². The van der Waals surface area contributed by atoms with Crippen molar-refractivity contribution < 1.29 is 0 Å². The van der Waals surface area contributed by atoms with Crippen LogP contribution in [0.2, 0.25) is 0 Å². The fraction of sp³-hybridized carbons (Fsp3) is 0.143. The molecule has 0 aliphatic heterocycles. The van der Waals surface area contributed by atoms with Gasteiger partial charge in [0.25, 0.3) is 0 Å². The van der Waals surface area contributed by atoms with E-state index in [-0.39, 0.29) is 0 Å². The van der Waals surface area contributed by atoms with E-state index < -0.39 is 0 Å². The van der Waals surface area contributed by atoms with Crippen LogP contribution in [0.4, 0.5) is 5.82 Å². The molecule has 0 bridgehead atoms. The molecule has 0 saturated carbocycles. The van der Waals surface area contributed by atoms with Gasteiger partial charge >= 0.3 is 0 Å². The maximum atomic E-state index is 4.18. The summed E-state index contributed by atoms with van der Waals surface area (Å²) in [6.45, 7) is 4.11. The zero-order valence-electron chi connectivity index (χ0n) is 10.4. The molecule has 3 rings (SSSR count). The minimum Gasteiger partial charge on any atom is -0.276 e. The largest absolute Gasteiger partial charge is 0.276 e. The molecule has 0 fully saturated rings. The molecule has 0 radical (unpaired) electrons. The van der Waals surface area contributed by atoms with Gasteiger partial charge in [-0.2, -0.15) is 5.10 Å². The second kappa shape index (κ2) is 4.14. The second-order valence-electron chi connectivity index (χ2n) is 4.34. The molecular formula is C14H14N4. The molecule has 0 aliphatic rings. The Labute approximate surface area is 105 Å². The number of nitrogens with one attached hydrogen (secondary N) is 1. The summed E-state index contributed by atoms with van der Waals surface area (Å²) >= 11 is 0. The summed E-state index contributed by atoms with van der Waals surface area (Å²) in [5.41, 5.74) is 5.59. The minimum atomic E-state index is 0.774. The number of anilines is 1. The SMILES string of the molecule is Cc1ccc(C)n1Nc1nncc2ccccc12. The van der Waals surface area contributed by atoms with E-state index in [4.69, 9.17) is 0 Å². The Morgan fingerprint density at radius 1 is 1.00 bits per heavy atom. The molecule has 1 N–H and O–H groups in total. The minimum absolute atomic E-state index is 0.774. The van der Waals surface area contributed by atoms with Crippen LogP contribution in [0.5, 0.6) is 0 Å². The maximum Gasteiger partial charge on any atom is 0.175 e. The fourth-order valence-corrected chi connectivity index (χ4v) is 2.06. The van der Waals surface area contributed by atoms with Crippen LogP contribution in [0.1, 0.15) is 11.4 Å². The van der Waals surface area contributed by atoms with Crippen LogP contribution in [0.25, 0.3) is 10.8 Å². The Kier molecular flexibility index (Phi) is 2.48. The number of hydrogen-bond acceptors (Lipinski definition) is 3. The fourth-order valence-electron chi connectivity index (χ4n) is 2.06. The molecule has 18 heavy (non-hydrogen) atoms. The summed E-state index contributed by atoms with van der Waals surface area (Å²) in [5, 5.41) is 10.4. The Balaban J connectivity index is 2.11. The Morgan fingerprint density at radius 2 is 1.72 bits per heavy atom. The third-order valence-corrected chi connectivity index (χ3v) is 3.06. The van der Waals surface area contributed by atoms with Crippen LogP contribution in [0.15, 0.2) is 42.6 Å². The van der Waals surface area contributed by atoms with Crippen molar-refractivity contribution in [2.75, 3.05) is 5.43 Å². The Bertz CT molecular complexity index is 675. The second-order valence-corrected chi connectivity index (χ2v) is 4.34. The van der Waals surface area contributed by atoms with E-state index in [0.717, 1.165) is 28.0 Å². The van der Waals surface area contributed by atoms with Gasteiger partial charge in [0.2, 0.25) is 0 Å². The van der Waals surface area contributed by atoms with E-state index in [1.807, 2.05) is 28.9 Å². The van der Waals surface area contributed by atoms with Gasteiger partial charge < -0.3 is 0 Å². The molecule has 2 aromatic heterocycles. The van der Waals surface area contributed by atoms with E-state index in [2.05, 4.69) is 41.6 Å². The lowest BCUT2D eigenvalue weighted by Crippen LogP contribution is -2.13. The van der Waals surface area contributed by atoms with Crippen molar-refractivity contribution in [2.45, 2.75) is 13.8 Å². The van der Waals surface area contributed by atoms with E-state index in [1.165, 1.54) is 0 Å². The predicted molar refractivity (Wildman–Crippen MR) is 72.5 cm³/mol. The first-order valence-corrected chi connectivity index (χ1v) is 5.88. The normalized spacial score (nSPS) is 10.8. The lowest BCUT2D eigenvalue weighted by atomic mass is 10.2. The van der Waals surface area contributed by atoms with Crippen LogP contribution in [0.3, 0.4) is 0 Å². The number of nitrogens with zero attached hydrogens (tertiary/aromatic N) is 3. The standard InChI is InChI=1S/C14H14N4/c1-10-7-8-11(2)18(10)17-14-13-6-4-3-5-12(13)9-15-16-14/h3-9H,1-2H3,(H,16,17). The lowest BCUT2D eigenvalue weighted by Gasteiger charge is -2.12. The van der Waals surface area contributed by atoms with Gasteiger partial charge in [0.15, 0.2) is 5.82 Å². The first kappa shape index (κ1) is 10.8. The molecule has 1 aromatic carbocycles. The van der Waals surface area contributed by atoms with Crippen molar-refractivity contribution in [3.63, 3.8) is 0 Å². The topological polar surface area (TPSA) is 42.7 Å². The summed E-state index contributed by atoms with van der Waals surface area (Å²) in [6, 6.07) is 12.2. The van der Waals surface area contributed by atoms with Gasteiger partial charge in [0.05, 0.1) is 6.20 Å². The molecule has 4 heteroatoms. The third kappa shape index (κ3) is 1.72. The number of rotatable bonds is 2. The van der Waals surface area contributed by atoms with Crippen LogP contribution in [-0.4, -0.2) is 14.9 Å². The highest BCUT2D eigenvalue weighted by Gasteiger charge is 2.05. The van der Waals surface area contributed by atoms with Crippen LogP contribution in [-0.2, 0) is 0 Å². The highest BCUT2D eigenvalue weighted by Crippen LogP contribution is 2.20. The number of benzene rings is 1. The summed E-state index contributed by atoms with van der Waals surface area (Å²) in [5.74, 6) is 0.774. The Hall–Kier alpha value is -2.36. The number of hydrogen-bond donors (Lipinski definition) is 1. The first-order chi connectivity index (χ1) is 8.75. The van der Waals surface area contributed by atoms with E-state index in [1.54, 1.807) is 6.20 Å². The molecular weight excluding hydrogens is 224 g/mol. The first-order valence-electron chi connectivity index (χ1n) is 5.88. The summed E-state index contributed by atoms with van der Waals surface area (Å²) < 4.78 is 2.01. The monoisotopic (exact) mass is 238 g/mol. The third-order valence-electron chi connectivity index (χ3n) is 3.06. The Morgan fingerprint density at radius 3 is 2.50 bits per heavy atom. The van der Waals surface area contributed by atoms with Crippen molar-refractivity contribution in [3.8, 4) is 0 Å². The van der Waals surface area contributed by atoms with Crippen LogP contribution >= 0.6 is 0 Å². The number of aryl methyl sites for hydroxylation is 2. The molecule has 0 unspecified atom stereocenters. The van der Waals surface area contributed by atoms with Gasteiger partial charge in [-0.1, -0.05) is 24.3 Å². The molecule has 4 nitrogen and oxygen atoms in total. The summed E-state index contributed by atoms with van der Waals surface area (Å²) in [7, 11) is 0. The van der Waals surface area contributed by atoms with Crippen molar-refractivity contribution in [1.82, 2.24) is 14.9 Å². The molecule has 0 atom stereocenters. The molecule has 0 spiro atoms. The highest BCUT2D eigenvalue weighted by molar-refractivity contribution is 5.90. The molecule has 3 aromatic rings. The van der Waals surface area contributed by atoms with E-state index in [9.17, 15) is 0 Å². The number of fused-ring (bicyclic) bond motifs is 1. The quantitative estimate of drug-likeness (QED) is 0.746.